The zero-order valence-corrected chi connectivity index (χ0v) is 13.5. The molecule has 0 saturated heterocycles. The lowest BCUT2D eigenvalue weighted by molar-refractivity contribution is 0.433. The summed E-state index contributed by atoms with van der Waals surface area (Å²) in [6.07, 6.45) is 0. The molecule has 4 heterocycles. The first-order valence-electron chi connectivity index (χ1n) is 6.53. The molecule has 0 radical (unpaired) electrons. The molecule has 0 unspecified atom stereocenters. The molecule has 6 nitrogen and oxygen atoms in total. The van der Waals surface area contributed by atoms with Crippen LogP contribution >= 0.6 is 22.7 Å². The molecule has 0 fully saturated rings. The first kappa shape index (κ1) is 13.4. The lowest BCUT2D eigenvalue weighted by Gasteiger charge is -1.98. The number of thiophene rings is 2. The maximum Gasteiger partial charge on any atom is 0.270 e. The molecule has 0 aromatic carbocycles. The third-order valence-corrected chi connectivity index (χ3v) is 5.05. The first-order chi connectivity index (χ1) is 10.6. The van der Waals surface area contributed by atoms with Gasteiger partial charge in [0.2, 0.25) is 5.82 Å². The predicted octanol–water partition coefficient (Wildman–Crippen LogP) is 3.67. The fourth-order valence-corrected chi connectivity index (χ4v) is 4.06. The van der Waals surface area contributed by atoms with Crippen LogP contribution in [0.5, 0.6) is 0 Å². The minimum atomic E-state index is 0.416. The Balaban J connectivity index is 1.88. The molecular formula is C14H11N5OS2. The van der Waals surface area contributed by atoms with Gasteiger partial charge in [-0.1, -0.05) is 5.16 Å². The van der Waals surface area contributed by atoms with Crippen molar-refractivity contribution in [2.75, 3.05) is 5.73 Å². The molecule has 4 aromatic rings. The van der Waals surface area contributed by atoms with Crippen LogP contribution in [0.15, 0.2) is 21.3 Å². The highest BCUT2D eigenvalue weighted by Gasteiger charge is 2.20. The Morgan fingerprint density at radius 1 is 1.18 bits per heavy atom. The average Bonchev–Trinajstić information content (AvgIpc) is 3.16. The van der Waals surface area contributed by atoms with Crippen LogP contribution in [0.25, 0.3) is 32.4 Å². The van der Waals surface area contributed by atoms with Crippen LogP contribution in [-0.4, -0.2) is 20.1 Å². The SMILES string of the molecule is Cc1nc(C)c2c(N)c(-c3nc(-c4ccsc4)no3)sc2n1. The highest BCUT2D eigenvalue weighted by atomic mass is 32.1. The molecule has 0 spiro atoms. The Hall–Kier alpha value is -2.32. The minimum absolute atomic E-state index is 0.416. The minimum Gasteiger partial charge on any atom is -0.397 e. The van der Waals surface area contributed by atoms with Crippen LogP contribution in [-0.2, 0) is 0 Å². The van der Waals surface area contributed by atoms with E-state index in [0.717, 1.165) is 32.2 Å². The summed E-state index contributed by atoms with van der Waals surface area (Å²) in [7, 11) is 0. The molecule has 4 aromatic heterocycles. The Morgan fingerprint density at radius 3 is 2.82 bits per heavy atom. The van der Waals surface area contributed by atoms with E-state index in [4.69, 9.17) is 10.3 Å². The molecule has 22 heavy (non-hydrogen) atoms. The molecule has 0 aliphatic rings. The monoisotopic (exact) mass is 329 g/mol. The third-order valence-electron chi connectivity index (χ3n) is 3.28. The quantitative estimate of drug-likeness (QED) is 0.603. The summed E-state index contributed by atoms with van der Waals surface area (Å²) in [5, 5.41) is 8.83. The van der Waals surface area contributed by atoms with Crippen LogP contribution in [0.3, 0.4) is 0 Å². The van der Waals surface area contributed by atoms with Crippen LogP contribution in [0, 0.1) is 13.8 Å². The smallest absolute Gasteiger partial charge is 0.270 e. The van der Waals surface area contributed by atoms with Crippen molar-refractivity contribution in [1.82, 2.24) is 20.1 Å². The van der Waals surface area contributed by atoms with Crippen LogP contribution in [0.4, 0.5) is 5.69 Å². The van der Waals surface area contributed by atoms with Crippen molar-refractivity contribution >= 4 is 38.6 Å². The highest BCUT2D eigenvalue weighted by molar-refractivity contribution is 7.22. The molecule has 0 amide bonds. The van der Waals surface area contributed by atoms with Crippen molar-refractivity contribution in [1.29, 1.82) is 0 Å². The lowest BCUT2D eigenvalue weighted by Crippen LogP contribution is -1.93. The van der Waals surface area contributed by atoms with Gasteiger partial charge in [0.05, 0.1) is 16.8 Å². The Kier molecular flexibility index (Phi) is 2.95. The summed E-state index contributed by atoms with van der Waals surface area (Å²) < 4.78 is 5.38. The zero-order chi connectivity index (χ0) is 15.3. The van der Waals surface area contributed by atoms with Crippen LogP contribution in [0.2, 0.25) is 0 Å². The number of hydrogen-bond donors (Lipinski definition) is 1. The van der Waals surface area contributed by atoms with Gasteiger partial charge in [0.1, 0.15) is 15.5 Å². The van der Waals surface area contributed by atoms with E-state index in [-0.39, 0.29) is 0 Å². The van der Waals surface area contributed by atoms with Gasteiger partial charge in [0, 0.05) is 10.9 Å². The van der Waals surface area contributed by atoms with Gasteiger partial charge in [0.15, 0.2) is 0 Å². The Bertz CT molecular complexity index is 971. The third kappa shape index (κ3) is 1.99. The predicted molar refractivity (Wildman–Crippen MR) is 87.9 cm³/mol. The van der Waals surface area contributed by atoms with Gasteiger partial charge in [-0.2, -0.15) is 16.3 Å². The van der Waals surface area contributed by atoms with E-state index in [1.54, 1.807) is 11.3 Å². The Morgan fingerprint density at radius 2 is 2.05 bits per heavy atom. The summed E-state index contributed by atoms with van der Waals surface area (Å²) in [5.41, 5.74) is 8.65. The number of anilines is 1. The van der Waals surface area contributed by atoms with Gasteiger partial charge in [-0.3, -0.25) is 0 Å². The Labute approximate surface area is 133 Å². The highest BCUT2D eigenvalue weighted by Crippen LogP contribution is 2.40. The number of aryl methyl sites for hydroxylation is 2. The lowest BCUT2D eigenvalue weighted by atomic mass is 10.2. The number of nitrogens with zero attached hydrogens (tertiary/aromatic N) is 4. The van der Waals surface area contributed by atoms with E-state index in [9.17, 15) is 0 Å². The van der Waals surface area contributed by atoms with Gasteiger partial charge >= 0.3 is 0 Å². The van der Waals surface area contributed by atoms with Gasteiger partial charge in [-0.25, -0.2) is 9.97 Å². The van der Waals surface area contributed by atoms with E-state index < -0.39 is 0 Å². The summed E-state index contributed by atoms with van der Waals surface area (Å²) >= 11 is 3.03. The summed E-state index contributed by atoms with van der Waals surface area (Å²) in [5.74, 6) is 1.70. The second-order valence-electron chi connectivity index (χ2n) is 4.82. The molecule has 4 rings (SSSR count). The van der Waals surface area contributed by atoms with E-state index in [2.05, 4.69) is 20.1 Å². The average molecular weight is 329 g/mol. The normalized spacial score (nSPS) is 11.4. The molecule has 0 atom stereocenters. The van der Waals surface area contributed by atoms with Gasteiger partial charge in [-0.15, -0.1) is 11.3 Å². The van der Waals surface area contributed by atoms with Crippen LogP contribution in [0.1, 0.15) is 11.5 Å². The van der Waals surface area contributed by atoms with Gasteiger partial charge < -0.3 is 10.3 Å². The maximum absolute atomic E-state index is 6.25. The van der Waals surface area contributed by atoms with Crippen molar-refractivity contribution in [3.63, 3.8) is 0 Å². The largest absolute Gasteiger partial charge is 0.397 e. The van der Waals surface area contributed by atoms with Crippen LogP contribution < -0.4 is 5.73 Å². The van der Waals surface area contributed by atoms with Crippen molar-refractivity contribution in [2.24, 2.45) is 0 Å². The number of nitrogen functional groups attached to an aromatic ring is 1. The summed E-state index contributed by atoms with van der Waals surface area (Å²) in [6, 6.07) is 1.95. The summed E-state index contributed by atoms with van der Waals surface area (Å²) in [4.78, 5) is 14.8. The second kappa shape index (κ2) is 4.85. The second-order valence-corrected chi connectivity index (χ2v) is 6.60. The van der Waals surface area contributed by atoms with Gasteiger partial charge in [-0.05, 0) is 25.3 Å². The molecule has 0 saturated carbocycles. The van der Waals surface area contributed by atoms with Crippen molar-refractivity contribution in [2.45, 2.75) is 13.8 Å². The van der Waals surface area contributed by atoms with E-state index in [0.29, 0.717) is 17.4 Å². The van der Waals surface area contributed by atoms with E-state index in [1.807, 2.05) is 30.7 Å². The summed E-state index contributed by atoms with van der Waals surface area (Å²) in [6.45, 7) is 3.79. The number of aromatic nitrogens is 4. The zero-order valence-electron chi connectivity index (χ0n) is 11.8. The van der Waals surface area contributed by atoms with Crippen molar-refractivity contribution in [3.05, 3.63) is 28.3 Å². The maximum atomic E-state index is 6.25. The first-order valence-corrected chi connectivity index (χ1v) is 8.29. The molecular weight excluding hydrogens is 318 g/mol. The van der Waals surface area contributed by atoms with Crippen molar-refractivity contribution in [3.8, 4) is 22.2 Å². The molecule has 110 valence electrons. The van der Waals surface area contributed by atoms with E-state index in [1.165, 1.54) is 11.3 Å². The molecule has 2 N–H and O–H groups in total. The number of fused-ring (bicyclic) bond motifs is 1. The number of rotatable bonds is 2. The number of hydrogen-bond acceptors (Lipinski definition) is 8. The topological polar surface area (TPSA) is 90.7 Å². The standard InChI is InChI=1S/C14H11N5OS2/c1-6-9-10(15)11(22-14(9)17-7(2)16-6)13-18-12(19-20-13)8-3-4-21-5-8/h3-5H,15H2,1-2H3. The van der Waals surface area contributed by atoms with Gasteiger partial charge in [0.25, 0.3) is 5.89 Å². The molecule has 8 heteroatoms. The fourth-order valence-electron chi connectivity index (χ4n) is 2.31. The molecule has 0 bridgehead atoms. The fraction of sp³-hybridized carbons (Fsp3) is 0.143. The molecule has 0 aliphatic heterocycles. The van der Waals surface area contributed by atoms with E-state index >= 15 is 0 Å². The molecule has 0 aliphatic carbocycles. The van der Waals surface area contributed by atoms with Crippen molar-refractivity contribution < 1.29 is 4.52 Å². The number of nitrogens with two attached hydrogens (primary N) is 1.